The van der Waals surface area contributed by atoms with Crippen molar-refractivity contribution in [3.63, 3.8) is 0 Å². The van der Waals surface area contributed by atoms with Gasteiger partial charge in [-0.2, -0.15) is 11.8 Å². The Labute approximate surface area is 275 Å². The Hall–Kier alpha value is -4.30. The predicted octanol–water partition coefficient (Wildman–Crippen LogP) is 4.67. The van der Waals surface area contributed by atoms with Gasteiger partial charge < -0.3 is 34.9 Å². The number of nitrogens with zero attached hydrogens (tertiary/aromatic N) is 1. The van der Waals surface area contributed by atoms with E-state index in [1.165, 1.54) is 32.6 Å². The van der Waals surface area contributed by atoms with Crippen LogP contribution in [0.4, 0.5) is 10.8 Å². The third kappa shape index (κ3) is 7.73. The fraction of sp³-hybridized carbons (Fsp3) is 0.406. The standard InChI is InChI=1S/C32H38N4O8S2/c1-7-44-31(40)24-16-46-32(35-24)36-30(39)23(12-13-45-6)34-22-11-9-19-20(15-25(22)38)21(33-17(2)37)10-8-18-14-26(41-3)28(42-4)29(43-5)27(18)19/h9,11,14-16,21,23H,7-8,10,12-13H2,1-6H3,(H,33,37)(H,34,38)(H,35,36,39)/t21-,23+/m0/s1. The molecule has 246 valence electrons. The van der Waals surface area contributed by atoms with Crippen LogP contribution in [0.15, 0.2) is 34.4 Å². The van der Waals surface area contributed by atoms with Gasteiger partial charge >= 0.3 is 5.97 Å². The second-order valence-electron chi connectivity index (χ2n) is 10.3. The summed E-state index contributed by atoms with van der Waals surface area (Å²) < 4.78 is 22.1. The average molecular weight is 671 g/mol. The smallest absolute Gasteiger partial charge is 0.357 e. The van der Waals surface area contributed by atoms with Crippen molar-refractivity contribution in [1.82, 2.24) is 10.3 Å². The normalized spacial score (nSPS) is 14.1. The van der Waals surface area contributed by atoms with Gasteiger partial charge in [-0.3, -0.25) is 14.4 Å². The quantitative estimate of drug-likeness (QED) is 0.218. The Morgan fingerprint density at radius 2 is 1.87 bits per heavy atom. The van der Waals surface area contributed by atoms with Gasteiger partial charge in [0, 0.05) is 17.9 Å². The summed E-state index contributed by atoms with van der Waals surface area (Å²) in [5.41, 5.74) is 2.85. The number of esters is 1. The fourth-order valence-electron chi connectivity index (χ4n) is 5.34. The van der Waals surface area contributed by atoms with Crippen LogP contribution in [0.25, 0.3) is 11.1 Å². The van der Waals surface area contributed by atoms with Crippen molar-refractivity contribution in [2.75, 3.05) is 50.6 Å². The molecule has 1 aliphatic rings. The molecule has 0 saturated heterocycles. The molecule has 46 heavy (non-hydrogen) atoms. The van der Waals surface area contributed by atoms with Gasteiger partial charge in [0.05, 0.1) is 39.7 Å². The first-order valence-corrected chi connectivity index (χ1v) is 16.9. The number of hydrogen-bond donors (Lipinski definition) is 3. The highest BCUT2D eigenvalue weighted by molar-refractivity contribution is 7.98. The van der Waals surface area contributed by atoms with Gasteiger partial charge in [-0.25, -0.2) is 9.78 Å². The summed E-state index contributed by atoms with van der Waals surface area (Å²) in [6.07, 6.45) is 3.42. The van der Waals surface area contributed by atoms with Crippen LogP contribution in [0.5, 0.6) is 17.2 Å². The molecule has 14 heteroatoms. The summed E-state index contributed by atoms with van der Waals surface area (Å²) in [5.74, 6) is 0.768. The lowest BCUT2D eigenvalue weighted by Gasteiger charge is -2.19. The third-order valence-corrected chi connectivity index (χ3v) is 8.79. The summed E-state index contributed by atoms with van der Waals surface area (Å²) in [7, 11) is 4.61. The van der Waals surface area contributed by atoms with E-state index < -0.39 is 24.0 Å². The summed E-state index contributed by atoms with van der Waals surface area (Å²) in [6.45, 7) is 3.34. The maximum atomic E-state index is 13.8. The molecule has 0 bridgehead atoms. The predicted molar refractivity (Wildman–Crippen MR) is 180 cm³/mol. The van der Waals surface area contributed by atoms with Gasteiger partial charge in [-0.05, 0) is 73.1 Å². The number of ether oxygens (including phenoxy) is 4. The molecule has 0 aliphatic heterocycles. The lowest BCUT2D eigenvalue weighted by atomic mass is 9.95. The molecule has 1 aromatic heterocycles. The molecule has 0 spiro atoms. The van der Waals surface area contributed by atoms with Crippen molar-refractivity contribution in [1.29, 1.82) is 0 Å². The number of methoxy groups -OCH3 is 3. The highest BCUT2D eigenvalue weighted by Gasteiger charge is 2.30. The van der Waals surface area contributed by atoms with E-state index in [4.69, 9.17) is 18.9 Å². The first kappa shape index (κ1) is 34.6. The molecule has 1 heterocycles. The van der Waals surface area contributed by atoms with Crippen molar-refractivity contribution in [2.24, 2.45) is 0 Å². The molecule has 4 rings (SSSR count). The Kier molecular flexibility index (Phi) is 11.9. The molecule has 3 aromatic rings. The first-order chi connectivity index (χ1) is 22.1. The van der Waals surface area contributed by atoms with E-state index in [2.05, 4.69) is 20.9 Å². The highest BCUT2D eigenvalue weighted by atomic mass is 32.2. The second-order valence-corrected chi connectivity index (χ2v) is 12.2. The summed E-state index contributed by atoms with van der Waals surface area (Å²) in [6, 6.07) is 5.55. The Bertz CT molecular complexity index is 1660. The Morgan fingerprint density at radius 3 is 2.52 bits per heavy atom. The molecule has 1 aliphatic carbocycles. The zero-order valence-electron chi connectivity index (χ0n) is 26.6. The number of hydrogen-bond acceptors (Lipinski definition) is 12. The largest absolute Gasteiger partial charge is 0.493 e. The first-order valence-electron chi connectivity index (χ1n) is 14.6. The monoisotopic (exact) mass is 670 g/mol. The summed E-state index contributed by atoms with van der Waals surface area (Å²) >= 11 is 2.67. The highest BCUT2D eigenvalue weighted by Crippen LogP contribution is 2.50. The van der Waals surface area contributed by atoms with Crippen molar-refractivity contribution < 1.29 is 33.3 Å². The number of aryl methyl sites for hydroxylation is 1. The molecule has 2 atom stereocenters. The number of nitrogens with one attached hydrogen (secondary N) is 3. The van der Waals surface area contributed by atoms with Gasteiger partial charge in [0.25, 0.3) is 0 Å². The molecule has 0 radical (unpaired) electrons. The van der Waals surface area contributed by atoms with Crippen LogP contribution in [-0.4, -0.2) is 68.8 Å². The molecule has 0 unspecified atom stereocenters. The van der Waals surface area contributed by atoms with E-state index in [9.17, 15) is 19.2 Å². The van der Waals surface area contributed by atoms with Gasteiger partial charge in [-0.15, -0.1) is 11.3 Å². The van der Waals surface area contributed by atoms with Crippen molar-refractivity contribution in [3.05, 3.63) is 56.7 Å². The van der Waals surface area contributed by atoms with E-state index in [0.717, 1.165) is 22.5 Å². The van der Waals surface area contributed by atoms with Gasteiger partial charge in [-0.1, -0.05) is 6.07 Å². The van der Waals surface area contributed by atoms with Gasteiger partial charge in [0.2, 0.25) is 23.0 Å². The maximum Gasteiger partial charge on any atom is 0.357 e. The zero-order chi connectivity index (χ0) is 33.4. The van der Waals surface area contributed by atoms with E-state index in [-0.39, 0.29) is 34.5 Å². The maximum absolute atomic E-state index is 13.8. The van der Waals surface area contributed by atoms with Crippen LogP contribution in [-0.2, 0) is 20.7 Å². The molecule has 0 fully saturated rings. The topological polar surface area (TPSA) is 154 Å². The van der Waals surface area contributed by atoms with Gasteiger partial charge in [0.1, 0.15) is 6.04 Å². The van der Waals surface area contributed by atoms with Crippen LogP contribution in [0.2, 0.25) is 0 Å². The SMILES string of the molecule is CCOC(=O)c1csc(NC(=O)[C@@H](CCSC)Nc2ccc3c(cc2=O)[C@@H](NC(C)=O)CCc2cc(OC)c(OC)c(OC)c2-3)n1. The molecule has 2 aromatic carbocycles. The third-order valence-electron chi connectivity index (χ3n) is 7.39. The van der Waals surface area contributed by atoms with E-state index in [0.29, 0.717) is 53.4 Å². The summed E-state index contributed by atoms with van der Waals surface area (Å²) in [4.78, 5) is 55.7. The molecular weight excluding hydrogens is 633 g/mol. The molecule has 0 saturated carbocycles. The van der Waals surface area contributed by atoms with E-state index in [1.54, 1.807) is 37.9 Å². The van der Waals surface area contributed by atoms with Crippen LogP contribution in [0, 0.1) is 0 Å². The second kappa shape index (κ2) is 15.8. The van der Waals surface area contributed by atoms with Crippen LogP contribution >= 0.6 is 23.1 Å². The van der Waals surface area contributed by atoms with E-state index in [1.807, 2.05) is 12.3 Å². The molecule has 2 amide bonds. The minimum atomic E-state index is -0.797. The number of amides is 2. The molecular formula is C32H38N4O8S2. The number of fused-ring (bicyclic) bond motifs is 3. The number of carbonyl (C=O) groups is 3. The lowest BCUT2D eigenvalue weighted by Crippen LogP contribution is -2.36. The number of carbonyl (C=O) groups excluding carboxylic acids is 3. The van der Waals surface area contributed by atoms with Gasteiger partial charge in [0.15, 0.2) is 22.3 Å². The number of rotatable bonds is 13. The Balaban J connectivity index is 1.78. The average Bonchev–Trinajstić information content (AvgIpc) is 3.38. The molecule has 3 N–H and O–H groups in total. The van der Waals surface area contributed by atoms with E-state index >= 15 is 0 Å². The van der Waals surface area contributed by atoms with Crippen molar-refractivity contribution in [3.8, 4) is 28.4 Å². The number of aromatic nitrogens is 1. The fourth-order valence-corrected chi connectivity index (χ4v) is 6.50. The number of thioether (sulfide) groups is 1. The van der Waals surface area contributed by atoms with Crippen molar-refractivity contribution >= 4 is 51.7 Å². The molecule has 12 nitrogen and oxygen atoms in total. The van der Waals surface area contributed by atoms with Crippen LogP contribution in [0.3, 0.4) is 0 Å². The minimum Gasteiger partial charge on any atom is -0.493 e. The summed E-state index contributed by atoms with van der Waals surface area (Å²) in [5, 5.41) is 10.6. The minimum absolute atomic E-state index is 0.105. The number of thiazole rings is 1. The van der Waals surface area contributed by atoms with Crippen molar-refractivity contribution in [2.45, 2.75) is 45.2 Å². The number of benzene rings is 1. The zero-order valence-corrected chi connectivity index (χ0v) is 28.2. The van der Waals surface area contributed by atoms with Crippen LogP contribution in [0.1, 0.15) is 54.3 Å². The lowest BCUT2D eigenvalue weighted by molar-refractivity contribution is -0.120. The van der Waals surface area contributed by atoms with Crippen LogP contribution < -0.4 is 35.6 Å². The Morgan fingerprint density at radius 1 is 1.11 bits per heavy atom. The number of anilines is 2.